The lowest BCUT2D eigenvalue weighted by atomic mass is 10.1. The van der Waals surface area contributed by atoms with E-state index in [0.717, 1.165) is 17.8 Å². The summed E-state index contributed by atoms with van der Waals surface area (Å²) in [7, 11) is 0. The SMILES string of the molecule is CCn1c(CNC(=O)C2CC2c2cccc(Cl)c2Cl)n[nH]c1=S. The summed E-state index contributed by atoms with van der Waals surface area (Å²) in [5.74, 6) is 0.794. The zero-order valence-corrected chi connectivity index (χ0v) is 14.8. The maximum atomic E-state index is 12.3. The predicted molar refractivity (Wildman–Crippen MR) is 92.2 cm³/mol. The van der Waals surface area contributed by atoms with Crippen LogP contribution < -0.4 is 5.32 Å². The van der Waals surface area contributed by atoms with Gasteiger partial charge in [0.25, 0.3) is 0 Å². The summed E-state index contributed by atoms with van der Waals surface area (Å²) in [6.07, 6.45) is 0.784. The van der Waals surface area contributed by atoms with Crippen LogP contribution in [0.3, 0.4) is 0 Å². The van der Waals surface area contributed by atoms with Gasteiger partial charge in [0.05, 0.1) is 16.6 Å². The Balaban J connectivity index is 1.62. The van der Waals surface area contributed by atoms with Gasteiger partial charge in [-0.2, -0.15) is 5.10 Å². The number of hydrogen-bond acceptors (Lipinski definition) is 3. The van der Waals surface area contributed by atoms with Crippen molar-refractivity contribution in [3.8, 4) is 0 Å². The zero-order chi connectivity index (χ0) is 16.6. The van der Waals surface area contributed by atoms with Crippen molar-refractivity contribution in [2.45, 2.75) is 32.4 Å². The number of aromatic amines is 1. The van der Waals surface area contributed by atoms with E-state index in [9.17, 15) is 4.79 Å². The van der Waals surface area contributed by atoms with Gasteiger partial charge >= 0.3 is 0 Å². The van der Waals surface area contributed by atoms with Gasteiger partial charge in [-0.25, -0.2) is 0 Å². The summed E-state index contributed by atoms with van der Waals surface area (Å²) < 4.78 is 2.42. The molecule has 3 rings (SSSR count). The average molecular weight is 371 g/mol. The normalized spacial score (nSPS) is 19.6. The number of carbonyl (C=O) groups excluding carboxylic acids is 1. The maximum absolute atomic E-state index is 12.3. The van der Waals surface area contributed by atoms with E-state index < -0.39 is 0 Å². The largest absolute Gasteiger partial charge is 0.349 e. The molecule has 1 aliphatic rings. The van der Waals surface area contributed by atoms with Gasteiger partial charge in [0.2, 0.25) is 5.91 Å². The summed E-state index contributed by atoms with van der Waals surface area (Å²) in [4.78, 5) is 12.3. The van der Waals surface area contributed by atoms with Gasteiger partial charge in [0, 0.05) is 12.5 Å². The Labute approximate surface area is 149 Å². The number of halogens is 2. The van der Waals surface area contributed by atoms with Crippen LogP contribution in [0.4, 0.5) is 0 Å². The van der Waals surface area contributed by atoms with Crippen molar-refractivity contribution in [1.82, 2.24) is 20.1 Å². The van der Waals surface area contributed by atoms with Crippen molar-refractivity contribution in [3.05, 3.63) is 44.4 Å². The summed E-state index contributed by atoms with van der Waals surface area (Å²) in [5, 5.41) is 10.9. The Morgan fingerprint density at radius 1 is 1.52 bits per heavy atom. The highest BCUT2D eigenvalue weighted by molar-refractivity contribution is 7.71. The standard InChI is InChI=1S/C15H16Cl2N4OS/c1-2-21-12(19-20-15(21)23)7-18-14(22)10-6-9(10)8-4-3-5-11(16)13(8)17/h3-5,9-10H,2,6-7H2,1H3,(H,18,22)(H,20,23). The molecule has 0 radical (unpaired) electrons. The molecule has 23 heavy (non-hydrogen) atoms. The first-order valence-corrected chi connectivity index (χ1v) is 8.55. The van der Waals surface area contributed by atoms with Gasteiger partial charge in [-0.3, -0.25) is 9.89 Å². The Kier molecular flexibility index (Phi) is 4.75. The van der Waals surface area contributed by atoms with Gasteiger partial charge in [-0.05, 0) is 43.1 Å². The van der Waals surface area contributed by atoms with Crippen LogP contribution in [-0.2, 0) is 17.9 Å². The molecule has 0 saturated heterocycles. The minimum Gasteiger partial charge on any atom is -0.349 e. The molecule has 2 N–H and O–H groups in total. The second kappa shape index (κ2) is 6.63. The number of nitrogens with zero attached hydrogens (tertiary/aromatic N) is 2. The molecule has 5 nitrogen and oxygen atoms in total. The molecular weight excluding hydrogens is 355 g/mol. The fraction of sp³-hybridized carbons (Fsp3) is 0.400. The highest BCUT2D eigenvalue weighted by atomic mass is 35.5. The van der Waals surface area contributed by atoms with Crippen LogP contribution in [0.5, 0.6) is 0 Å². The second-order valence-corrected chi connectivity index (χ2v) is 6.67. The number of H-pyrrole nitrogens is 1. The minimum absolute atomic E-state index is 0.00242. The molecule has 1 amide bonds. The van der Waals surface area contributed by atoms with Gasteiger partial charge in [-0.15, -0.1) is 0 Å². The van der Waals surface area contributed by atoms with Crippen LogP contribution in [0.15, 0.2) is 18.2 Å². The molecule has 1 aromatic heterocycles. The third-order valence-corrected chi connectivity index (χ3v) is 5.23. The monoisotopic (exact) mass is 370 g/mol. The van der Waals surface area contributed by atoms with E-state index in [1.54, 1.807) is 6.07 Å². The Bertz CT molecular complexity index is 801. The molecule has 0 bridgehead atoms. The number of benzene rings is 1. The van der Waals surface area contributed by atoms with E-state index >= 15 is 0 Å². The lowest BCUT2D eigenvalue weighted by molar-refractivity contribution is -0.122. The molecule has 2 atom stereocenters. The van der Waals surface area contributed by atoms with Crippen molar-refractivity contribution >= 4 is 41.3 Å². The molecule has 1 aliphatic carbocycles. The van der Waals surface area contributed by atoms with Crippen molar-refractivity contribution < 1.29 is 4.79 Å². The molecule has 1 saturated carbocycles. The lowest BCUT2D eigenvalue weighted by Crippen LogP contribution is -2.26. The Morgan fingerprint density at radius 2 is 2.30 bits per heavy atom. The highest BCUT2D eigenvalue weighted by Crippen LogP contribution is 2.50. The van der Waals surface area contributed by atoms with Crippen molar-refractivity contribution in [1.29, 1.82) is 0 Å². The molecule has 2 unspecified atom stereocenters. The van der Waals surface area contributed by atoms with E-state index in [4.69, 9.17) is 35.4 Å². The fourth-order valence-electron chi connectivity index (χ4n) is 2.74. The summed E-state index contributed by atoms with van der Waals surface area (Å²) >= 11 is 17.4. The molecule has 0 aliphatic heterocycles. The Morgan fingerprint density at radius 3 is 3.04 bits per heavy atom. The molecule has 8 heteroatoms. The minimum atomic E-state index is -0.0667. The quantitative estimate of drug-likeness (QED) is 0.788. The molecule has 0 spiro atoms. The van der Waals surface area contributed by atoms with Crippen LogP contribution >= 0.6 is 35.4 Å². The van der Waals surface area contributed by atoms with E-state index in [2.05, 4.69) is 15.5 Å². The number of rotatable bonds is 5. The topological polar surface area (TPSA) is 62.7 Å². The maximum Gasteiger partial charge on any atom is 0.224 e. The molecule has 1 fully saturated rings. The van der Waals surface area contributed by atoms with Gasteiger partial charge in [-0.1, -0.05) is 35.3 Å². The third-order valence-electron chi connectivity index (χ3n) is 4.08. The number of hydrogen-bond donors (Lipinski definition) is 2. The smallest absolute Gasteiger partial charge is 0.224 e. The van der Waals surface area contributed by atoms with E-state index in [-0.39, 0.29) is 17.7 Å². The number of carbonyl (C=O) groups is 1. The first-order valence-electron chi connectivity index (χ1n) is 7.38. The number of aromatic nitrogens is 3. The van der Waals surface area contributed by atoms with Crippen LogP contribution in [0.2, 0.25) is 10.0 Å². The average Bonchev–Trinajstić information content (AvgIpc) is 3.25. The number of nitrogens with one attached hydrogen (secondary N) is 2. The summed E-state index contributed by atoms with van der Waals surface area (Å²) in [6, 6.07) is 5.53. The van der Waals surface area contributed by atoms with Crippen molar-refractivity contribution in [3.63, 3.8) is 0 Å². The van der Waals surface area contributed by atoms with Crippen molar-refractivity contribution in [2.75, 3.05) is 0 Å². The predicted octanol–water partition coefficient (Wildman–Crippen LogP) is 3.69. The fourth-order valence-corrected chi connectivity index (χ4v) is 3.47. The molecule has 122 valence electrons. The summed E-state index contributed by atoms with van der Waals surface area (Å²) in [6.45, 7) is 3.05. The van der Waals surface area contributed by atoms with E-state index in [1.807, 2.05) is 23.6 Å². The molecule has 1 aromatic carbocycles. The van der Waals surface area contributed by atoms with E-state index in [1.165, 1.54) is 0 Å². The lowest BCUT2D eigenvalue weighted by Gasteiger charge is -2.07. The van der Waals surface area contributed by atoms with Crippen molar-refractivity contribution in [2.24, 2.45) is 5.92 Å². The molecule has 1 heterocycles. The van der Waals surface area contributed by atoms with Crippen LogP contribution in [0.25, 0.3) is 0 Å². The van der Waals surface area contributed by atoms with Gasteiger partial charge < -0.3 is 9.88 Å². The second-order valence-electron chi connectivity index (χ2n) is 5.50. The van der Waals surface area contributed by atoms with E-state index in [0.29, 0.717) is 27.9 Å². The van der Waals surface area contributed by atoms with Gasteiger partial charge in [0.1, 0.15) is 0 Å². The van der Waals surface area contributed by atoms with Crippen LogP contribution in [0, 0.1) is 10.7 Å². The number of amides is 1. The third kappa shape index (κ3) is 3.29. The van der Waals surface area contributed by atoms with Crippen LogP contribution in [-0.4, -0.2) is 20.7 Å². The highest BCUT2D eigenvalue weighted by Gasteiger charge is 2.45. The molecule has 2 aromatic rings. The van der Waals surface area contributed by atoms with Crippen LogP contribution in [0.1, 0.15) is 30.7 Å². The zero-order valence-electron chi connectivity index (χ0n) is 12.5. The Hall–Kier alpha value is -1.37. The first kappa shape index (κ1) is 16.5. The van der Waals surface area contributed by atoms with Gasteiger partial charge in [0.15, 0.2) is 10.6 Å². The summed E-state index contributed by atoms with van der Waals surface area (Å²) in [5.41, 5.74) is 0.940. The molecular formula is C15H16Cl2N4OS. The first-order chi connectivity index (χ1) is 11.0.